The number of carboxylic acid groups (broad SMARTS) is 1. The number of amides is 1. The molecule has 0 radical (unpaired) electrons. The number of aromatic nitrogens is 1. The average molecular weight is 506 g/mol. The number of nitrogens with one attached hydrogen (secondary N) is 1. The number of carboxylic acids is 1. The van der Waals surface area contributed by atoms with Crippen molar-refractivity contribution in [3.8, 4) is 16.3 Å². The van der Waals surface area contributed by atoms with Crippen molar-refractivity contribution in [2.45, 2.75) is 45.8 Å². The number of ether oxygens (including phenoxy) is 1. The lowest BCUT2D eigenvalue weighted by atomic mass is 10.1. The highest BCUT2D eigenvalue weighted by molar-refractivity contribution is 7.13. The maximum atomic E-state index is 13.1. The molecule has 0 bridgehead atoms. The predicted molar refractivity (Wildman–Crippen MR) is 135 cm³/mol. The van der Waals surface area contributed by atoms with Crippen LogP contribution >= 0.6 is 11.3 Å². The van der Waals surface area contributed by atoms with Gasteiger partial charge >= 0.3 is 0 Å². The van der Waals surface area contributed by atoms with Crippen LogP contribution in [0, 0.1) is 6.92 Å². The Morgan fingerprint density at radius 3 is 2.61 bits per heavy atom. The third kappa shape index (κ3) is 5.46. The number of nitrogens with zero attached hydrogens (tertiary/aromatic N) is 1. The van der Waals surface area contributed by atoms with E-state index in [-0.39, 0.29) is 11.8 Å². The molecule has 0 aliphatic rings. The molecule has 0 unspecified atom stereocenters. The zero-order valence-electron chi connectivity index (χ0n) is 20.1. The summed E-state index contributed by atoms with van der Waals surface area (Å²) in [6.07, 6.45) is 0.997. The molecular formula is C27H25N2O6S-. The SMILES string of the molecule is CCc1cc2c(=O)c(-c3nc(C)cs3)coc2cc1O[C@@H](C)C(=O)N[C@H](Cc1ccccc1)C(=O)[O-]. The van der Waals surface area contributed by atoms with E-state index in [4.69, 9.17) is 9.15 Å². The molecule has 8 nitrogen and oxygen atoms in total. The fourth-order valence-corrected chi connectivity index (χ4v) is 4.59. The highest BCUT2D eigenvalue weighted by Crippen LogP contribution is 2.29. The minimum absolute atomic E-state index is 0.0872. The lowest BCUT2D eigenvalue weighted by molar-refractivity contribution is -0.308. The van der Waals surface area contributed by atoms with Gasteiger partial charge in [-0.25, -0.2) is 4.98 Å². The maximum absolute atomic E-state index is 13.1. The Labute approximate surface area is 211 Å². The van der Waals surface area contributed by atoms with Gasteiger partial charge in [-0.1, -0.05) is 37.3 Å². The third-order valence-corrected chi connectivity index (χ3v) is 6.74. The number of aryl methyl sites for hydroxylation is 2. The Morgan fingerprint density at radius 2 is 1.97 bits per heavy atom. The van der Waals surface area contributed by atoms with E-state index >= 15 is 0 Å². The van der Waals surface area contributed by atoms with Gasteiger partial charge in [-0.15, -0.1) is 11.3 Å². The van der Waals surface area contributed by atoms with Gasteiger partial charge in [0, 0.05) is 17.1 Å². The number of hydrogen-bond acceptors (Lipinski definition) is 8. The lowest BCUT2D eigenvalue weighted by Crippen LogP contribution is -2.52. The summed E-state index contributed by atoms with van der Waals surface area (Å²) in [7, 11) is 0. The zero-order chi connectivity index (χ0) is 25.8. The third-order valence-electron chi connectivity index (χ3n) is 5.74. The Balaban J connectivity index is 1.55. The van der Waals surface area contributed by atoms with Gasteiger partial charge < -0.3 is 24.4 Å². The molecule has 9 heteroatoms. The van der Waals surface area contributed by atoms with Gasteiger partial charge in [0.1, 0.15) is 22.6 Å². The first-order chi connectivity index (χ1) is 17.3. The summed E-state index contributed by atoms with van der Waals surface area (Å²) in [6, 6.07) is 11.0. The average Bonchev–Trinajstić information content (AvgIpc) is 3.29. The molecule has 4 aromatic rings. The maximum Gasteiger partial charge on any atom is 0.261 e. The summed E-state index contributed by atoms with van der Waals surface area (Å²) in [5.41, 5.74) is 2.79. The van der Waals surface area contributed by atoms with E-state index < -0.39 is 24.0 Å². The minimum Gasteiger partial charge on any atom is -0.548 e. The molecule has 4 rings (SSSR count). The van der Waals surface area contributed by atoms with Gasteiger partial charge in [0.2, 0.25) is 5.43 Å². The van der Waals surface area contributed by atoms with Gasteiger partial charge in [-0.2, -0.15) is 0 Å². The topological polar surface area (TPSA) is 122 Å². The summed E-state index contributed by atoms with van der Waals surface area (Å²) in [5, 5.41) is 17.0. The van der Waals surface area contributed by atoms with E-state index in [1.165, 1.54) is 24.5 Å². The van der Waals surface area contributed by atoms with Crippen molar-refractivity contribution in [1.82, 2.24) is 10.3 Å². The zero-order valence-corrected chi connectivity index (χ0v) is 20.9. The van der Waals surface area contributed by atoms with Gasteiger partial charge in [0.15, 0.2) is 6.10 Å². The van der Waals surface area contributed by atoms with Crippen LogP contribution in [0.4, 0.5) is 0 Å². The monoisotopic (exact) mass is 505 g/mol. The molecule has 2 aromatic heterocycles. The second-order valence-electron chi connectivity index (χ2n) is 8.41. The predicted octanol–water partition coefficient (Wildman–Crippen LogP) is 3.03. The van der Waals surface area contributed by atoms with Gasteiger partial charge in [0.25, 0.3) is 5.91 Å². The lowest BCUT2D eigenvalue weighted by Gasteiger charge is -2.23. The summed E-state index contributed by atoms with van der Waals surface area (Å²) in [5.74, 6) is -1.60. The first-order valence-electron chi connectivity index (χ1n) is 11.5. The molecule has 2 atom stereocenters. The van der Waals surface area contributed by atoms with E-state index in [9.17, 15) is 19.5 Å². The Bertz CT molecular complexity index is 1460. The molecule has 186 valence electrons. The summed E-state index contributed by atoms with van der Waals surface area (Å²) < 4.78 is 11.6. The van der Waals surface area contributed by atoms with Crippen molar-refractivity contribution in [3.63, 3.8) is 0 Å². The van der Waals surface area contributed by atoms with Crippen LogP contribution in [0.1, 0.15) is 30.7 Å². The number of hydrogen-bond donors (Lipinski definition) is 1. The van der Waals surface area contributed by atoms with Crippen LogP contribution in [-0.2, 0) is 22.4 Å². The van der Waals surface area contributed by atoms with E-state index in [2.05, 4.69) is 10.3 Å². The number of rotatable bonds is 9. The standard InChI is InChI=1S/C27H26N2O6S/c1-4-18-11-19-23(34-13-20(24(19)30)26-28-15(2)14-36-26)12-22(18)35-16(3)25(31)29-21(27(32)33)10-17-8-6-5-7-9-17/h5-9,11-14,16,21H,4,10H2,1-3H3,(H,29,31)(H,32,33)/p-1/t16-,21+/m0/s1. The van der Waals surface area contributed by atoms with Crippen molar-refractivity contribution in [2.24, 2.45) is 0 Å². The highest BCUT2D eigenvalue weighted by Gasteiger charge is 2.22. The number of thiazole rings is 1. The van der Waals surface area contributed by atoms with Gasteiger partial charge in [0.05, 0.1) is 23.0 Å². The quantitative estimate of drug-likeness (QED) is 0.371. The van der Waals surface area contributed by atoms with E-state index in [1.807, 2.05) is 25.3 Å². The first-order valence-corrected chi connectivity index (χ1v) is 12.4. The molecule has 1 amide bonds. The molecule has 36 heavy (non-hydrogen) atoms. The summed E-state index contributed by atoms with van der Waals surface area (Å²) in [4.78, 5) is 41.9. The number of benzene rings is 2. The second kappa shape index (κ2) is 10.7. The van der Waals surface area contributed by atoms with Crippen LogP contribution in [0.2, 0.25) is 0 Å². The summed E-state index contributed by atoms with van der Waals surface area (Å²) >= 11 is 1.37. The summed E-state index contributed by atoms with van der Waals surface area (Å²) in [6.45, 7) is 5.29. The van der Waals surface area contributed by atoms with E-state index in [0.29, 0.717) is 39.3 Å². The number of fused-ring (bicyclic) bond motifs is 1. The molecule has 0 saturated heterocycles. The molecular weight excluding hydrogens is 480 g/mol. The molecule has 0 saturated carbocycles. The minimum atomic E-state index is -1.38. The van der Waals surface area contributed by atoms with Crippen molar-refractivity contribution < 1.29 is 23.8 Å². The second-order valence-corrected chi connectivity index (χ2v) is 9.27. The largest absolute Gasteiger partial charge is 0.548 e. The first kappa shape index (κ1) is 25.1. The van der Waals surface area contributed by atoms with Gasteiger partial charge in [-0.3, -0.25) is 9.59 Å². The van der Waals surface area contributed by atoms with Crippen LogP contribution < -0.4 is 20.6 Å². The van der Waals surface area contributed by atoms with Gasteiger partial charge in [-0.05, 0) is 43.9 Å². The number of carbonyl (C=O) groups excluding carboxylic acids is 2. The van der Waals surface area contributed by atoms with Crippen LogP contribution in [0.5, 0.6) is 5.75 Å². The molecule has 0 spiro atoms. The molecule has 2 aromatic carbocycles. The molecule has 0 fully saturated rings. The Kier molecular flexibility index (Phi) is 7.49. The van der Waals surface area contributed by atoms with E-state index in [0.717, 1.165) is 11.3 Å². The Morgan fingerprint density at radius 1 is 1.22 bits per heavy atom. The van der Waals surface area contributed by atoms with Crippen LogP contribution in [0.3, 0.4) is 0 Å². The van der Waals surface area contributed by atoms with Crippen molar-refractivity contribution >= 4 is 34.2 Å². The molecule has 0 aliphatic heterocycles. The van der Waals surface area contributed by atoms with Crippen molar-refractivity contribution in [1.29, 1.82) is 0 Å². The van der Waals surface area contributed by atoms with Crippen LogP contribution in [0.25, 0.3) is 21.5 Å². The smallest absolute Gasteiger partial charge is 0.261 e. The molecule has 1 N–H and O–H groups in total. The number of carbonyl (C=O) groups is 2. The normalized spacial score (nSPS) is 12.8. The highest BCUT2D eigenvalue weighted by atomic mass is 32.1. The van der Waals surface area contributed by atoms with E-state index in [1.54, 1.807) is 36.4 Å². The van der Waals surface area contributed by atoms with Crippen LogP contribution in [0.15, 0.2) is 63.3 Å². The Hall–Kier alpha value is -3.98. The fraction of sp³-hybridized carbons (Fsp3) is 0.259. The number of aliphatic carboxylic acids is 1. The van der Waals surface area contributed by atoms with Crippen LogP contribution in [-0.4, -0.2) is 29.0 Å². The van der Waals surface area contributed by atoms with Crippen molar-refractivity contribution in [3.05, 3.63) is 81.2 Å². The molecule has 2 heterocycles. The molecule has 0 aliphatic carbocycles. The van der Waals surface area contributed by atoms with Crippen molar-refractivity contribution in [2.75, 3.05) is 0 Å². The fourth-order valence-electron chi connectivity index (χ4n) is 3.79.